The lowest BCUT2D eigenvalue weighted by Gasteiger charge is -2.47. The zero-order valence-electron chi connectivity index (χ0n) is 45.4. The molecule has 0 aromatic heterocycles. The van der Waals surface area contributed by atoms with Crippen molar-refractivity contribution in [3.05, 3.63) is 224 Å². The number of benzene rings is 7. The largest absolute Gasteiger partial charge is 0.384 e. The van der Waals surface area contributed by atoms with Crippen molar-refractivity contribution < 1.29 is 19.0 Å². The lowest BCUT2D eigenvalue weighted by molar-refractivity contribution is -0.135. The third-order valence-corrected chi connectivity index (χ3v) is 17.5. The van der Waals surface area contributed by atoms with Crippen LogP contribution in [0.25, 0.3) is 0 Å². The van der Waals surface area contributed by atoms with E-state index < -0.39 is 0 Å². The molecule has 0 bridgehead atoms. The number of rotatable bonds is 14. The maximum atomic E-state index is 13.5. The molecule has 82 heavy (non-hydrogen) atoms. The van der Waals surface area contributed by atoms with Crippen molar-refractivity contribution in [2.24, 2.45) is 5.92 Å². The minimum Gasteiger partial charge on any atom is -0.384 e. The van der Waals surface area contributed by atoms with E-state index in [1.54, 1.807) is 39.5 Å². The van der Waals surface area contributed by atoms with Crippen molar-refractivity contribution in [1.29, 1.82) is 0 Å². The monoisotopic (exact) mass is 1300 g/mol. The maximum Gasteiger partial charge on any atom is 0.227 e. The summed E-state index contributed by atoms with van der Waals surface area (Å²) < 4.78 is 16.2. The number of anilines is 3. The second kappa shape index (κ2) is 31.0. The van der Waals surface area contributed by atoms with E-state index in [4.69, 9.17) is 130 Å². The van der Waals surface area contributed by atoms with E-state index in [1.165, 1.54) is 0 Å². The highest BCUT2D eigenvalue weighted by molar-refractivity contribution is 6.36. The molecule has 3 heterocycles. The molecule has 3 saturated heterocycles. The number of hydrogen-bond acceptors (Lipinski definition) is 8. The number of piperidine rings is 1. The van der Waals surface area contributed by atoms with Crippen LogP contribution in [0.1, 0.15) is 53.2 Å². The van der Waals surface area contributed by atoms with Crippen LogP contribution in [0.5, 0.6) is 0 Å². The Morgan fingerprint density at radius 2 is 0.890 bits per heavy atom. The van der Waals surface area contributed by atoms with Gasteiger partial charge in [0, 0.05) is 127 Å². The third-order valence-electron chi connectivity index (χ3n) is 14.8. The highest BCUT2D eigenvalue weighted by Crippen LogP contribution is 2.42. The number of carbonyl (C=O) groups is 1. The molecular formula is C63H63Cl10N5O4. The Balaban J connectivity index is 0.000000165. The molecule has 1 N–H and O–H groups in total. The molecule has 0 unspecified atom stereocenters. The Bertz CT molecular complexity index is 3080. The van der Waals surface area contributed by atoms with Gasteiger partial charge in [-0.25, -0.2) is 0 Å². The minimum atomic E-state index is -0.178. The molecule has 0 spiro atoms. The zero-order valence-corrected chi connectivity index (χ0v) is 52.9. The summed E-state index contributed by atoms with van der Waals surface area (Å²) in [4.78, 5) is 22.4. The molecule has 7 aromatic rings. The standard InChI is InChI=1S/C26H24Cl4N2O2.C19H20Cl3NO.C18H19Cl3N2O/c1-34-16-22-14-31(21-8-5-18(27)6-9-21)25(23-10-7-20(29)13-24(23)30)15-32(22)26(33)12-17-3-2-4-19(28)11-17;1-24-12-13-2-9-19(17-8-5-15(21)10-18(17)22)23(11-13)16-6-3-14(20)4-7-16;1-24-11-14-10-23(15-5-2-12(19)3-6-15)18(9-22-14)16-7-4-13(20)8-17(16)21/h2-11,13,22,25H,12,14-16H2,1H3;3-8,10,13,19H,2,9,11-12H2,1H3;2-8,14,18,22H,9-11H2,1H3/t22-,25-;13-,19-;14-,18-/m111/s1. The van der Waals surface area contributed by atoms with Crippen molar-refractivity contribution in [3.63, 3.8) is 0 Å². The first-order valence-electron chi connectivity index (χ1n) is 26.7. The first-order chi connectivity index (χ1) is 39.5. The Kier molecular flexibility index (Phi) is 24.2. The van der Waals surface area contributed by atoms with E-state index in [1.807, 2.05) is 126 Å². The van der Waals surface area contributed by atoms with Crippen LogP contribution in [0.15, 0.2) is 152 Å². The van der Waals surface area contributed by atoms with Gasteiger partial charge in [0.15, 0.2) is 0 Å². The van der Waals surface area contributed by atoms with Crippen molar-refractivity contribution in [2.45, 2.75) is 49.5 Å². The van der Waals surface area contributed by atoms with E-state index in [0.29, 0.717) is 67.4 Å². The number of amides is 1. The first-order valence-corrected chi connectivity index (χ1v) is 30.5. The quantitative estimate of drug-likeness (QED) is 0.116. The molecule has 434 valence electrons. The number of nitrogens with zero attached hydrogens (tertiary/aromatic N) is 4. The van der Waals surface area contributed by atoms with E-state index >= 15 is 0 Å². The van der Waals surface area contributed by atoms with Gasteiger partial charge in [0.1, 0.15) is 0 Å². The van der Waals surface area contributed by atoms with Crippen LogP contribution >= 0.6 is 116 Å². The smallest absolute Gasteiger partial charge is 0.227 e. The molecule has 0 saturated carbocycles. The summed E-state index contributed by atoms with van der Waals surface area (Å²) in [6.07, 6.45) is 2.39. The summed E-state index contributed by atoms with van der Waals surface area (Å²) >= 11 is 62.2. The van der Waals surface area contributed by atoms with E-state index in [9.17, 15) is 4.79 Å². The average Bonchev–Trinajstić information content (AvgIpc) is 3.65. The van der Waals surface area contributed by atoms with E-state index in [0.717, 1.165) is 93.5 Å². The van der Waals surface area contributed by atoms with Crippen LogP contribution in [0.4, 0.5) is 17.1 Å². The Morgan fingerprint density at radius 1 is 0.451 bits per heavy atom. The van der Waals surface area contributed by atoms with Gasteiger partial charge in [0.25, 0.3) is 0 Å². The van der Waals surface area contributed by atoms with Crippen LogP contribution in [0, 0.1) is 5.92 Å². The van der Waals surface area contributed by atoms with Crippen molar-refractivity contribution in [3.8, 4) is 0 Å². The molecule has 6 atom stereocenters. The topological polar surface area (TPSA) is 69.8 Å². The van der Waals surface area contributed by atoms with Gasteiger partial charge in [-0.3, -0.25) is 4.79 Å². The number of nitrogens with one attached hydrogen (secondary N) is 1. The van der Waals surface area contributed by atoms with Crippen LogP contribution in [-0.2, 0) is 25.4 Å². The summed E-state index contributed by atoms with van der Waals surface area (Å²) in [6, 6.07) is 48.1. The number of carbonyl (C=O) groups excluding carboxylic acids is 1. The molecule has 19 heteroatoms. The fourth-order valence-corrected chi connectivity index (χ4v) is 13.1. The molecule has 1 amide bonds. The molecule has 3 fully saturated rings. The second-order valence-corrected chi connectivity index (χ2v) is 24.6. The molecular weight excluding hydrogens is 1250 g/mol. The predicted octanol–water partition coefficient (Wildman–Crippen LogP) is 18.0. The third kappa shape index (κ3) is 17.2. The number of hydrogen-bond donors (Lipinski definition) is 1. The molecule has 0 aliphatic carbocycles. The van der Waals surface area contributed by atoms with Gasteiger partial charge < -0.3 is 39.1 Å². The molecule has 9 nitrogen and oxygen atoms in total. The van der Waals surface area contributed by atoms with Gasteiger partial charge in [-0.05, 0) is 162 Å². The predicted molar refractivity (Wildman–Crippen MR) is 345 cm³/mol. The molecule has 10 rings (SSSR count). The Labute approximate surface area is 532 Å². The Morgan fingerprint density at radius 3 is 1.37 bits per heavy atom. The highest BCUT2D eigenvalue weighted by atomic mass is 35.5. The lowest BCUT2D eigenvalue weighted by Crippen LogP contribution is -2.58. The summed E-state index contributed by atoms with van der Waals surface area (Å²) in [5, 5.41) is 10.1. The van der Waals surface area contributed by atoms with Crippen molar-refractivity contribution >= 4 is 139 Å². The number of piperazine rings is 2. The van der Waals surface area contributed by atoms with Crippen LogP contribution in [-0.4, -0.2) is 96.8 Å². The molecule has 3 aliphatic rings. The van der Waals surface area contributed by atoms with Gasteiger partial charge in [-0.15, -0.1) is 0 Å². The normalized spacial score (nSPS) is 19.9. The summed E-state index contributed by atoms with van der Waals surface area (Å²) in [5.74, 6) is 0.517. The van der Waals surface area contributed by atoms with Crippen molar-refractivity contribution in [1.82, 2.24) is 10.2 Å². The zero-order chi connectivity index (χ0) is 58.5. The summed E-state index contributed by atoms with van der Waals surface area (Å²) in [6.45, 7) is 5.37. The van der Waals surface area contributed by atoms with Crippen LogP contribution in [0.2, 0.25) is 50.2 Å². The number of ether oxygens (including phenoxy) is 3. The Hall–Kier alpha value is -3.85. The first kappa shape index (κ1) is 64.2. The average molecular weight is 1310 g/mol. The van der Waals surface area contributed by atoms with Gasteiger partial charge in [0.05, 0.1) is 50.4 Å². The van der Waals surface area contributed by atoms with Gasteiger partial charge >= 0.3 is 0 Å². The highest BCUT2D eigenvalue weighted by Gasteiger charge is 2.39. The molecule has 0 radical (unpaired) electrons. The van der Waals surface area contributed by atoms with E-state index in [-0.39, 0.29) is 42.5 Å². The van der Waals surface area contributed by atoms with Gasteiger partial charge in [0.2, 0.25) is 5.91 Å². The SMILES string of the molecule is COC[C@@H]1CC[C@H](c2ccc(Cl)cc2Cl)N(c2ccc(Cl)cc2)C1.COC[C@H]1CN(c2ccc(Cl)cc2)[C@@H](c2ccc(Cl)cc2Cl)CN1.COC[C@H]1CN(c2ccc(Cl)cc2)[C@@H](c2ccc(Cl)cc2Cl)CN1C(=O)Cc1cccc(Cl)c1. The maximum absolute atomic E-state index is 13.5. The molecule has 3 aliphatic heterocycles. The van der Waals surface area contributed by atoms with Crippen LogP contribution in [0.3, 0.4) is 0 Å². The van der Waals surface area contributed by atoms with Gasteiger partial charge in [-0.2, -0.15) is 0 Å². The van der Waals surface area contributed by atoms with E-state index in [2.05, 4.69) is 32.1 Å². The fourth-order valence-electron chi connectivity index (χ4n) is 10.9. The lowest BCUT2D eigenvalue weighted by atomic mass is 9.88. The second-order valence-electron chi connectivity index (χ2n) is 20.4. The fraction of sp³-hybridized carbons (Fsp3) is 0.317. The van der Waals surface area contributed by atoms with Crippen molar-refractivity contribution in [2.75, 3.05) is 88.6 Å². The number of halogens is 10. The van der Waals surface area contributed by atoms with Crippen LogP contribution < -0.4 is 20.0 Å². The summed E-state index contributed by atoms with van der Waals surface area (Å²) in [7, 11) is 5.12. The molecule has 7 aromatic carbocycles. The minimum absolute atomic E-state index is 0.00941. The summed E-state index contributed by atoms with van der Waals surface area (Å²) in [5.41, 5.74) is 7.19. The number of methoxy groups -OCH3 is 3. The van der Waals surface area contributed by atoms with Gasteiger partial charge in [-0.1, -0.05) is 146 Å².